The van der Waals surface area contributed by atoms with Gasteiger partial charge < -0.3 is 26.8 Å². The molecule has 0 aliphatic rings. The van der Waals surface area contributed by atoms with Crippen molar-refractivity contribution in [3.05, 3.63) is 59.9 Å². The van der Waals surface area contributed by atoms with E-state index in [2.05, 4.69) is 42.5 Å². The average molecular weight is 384 g/mol. The van der Waals surface area contributed by atoms with Crippen LogP contribution in [0.3, 0.4) is 0 Å². The van der Waals surface area contributed by atoms with E-state index in [4.69, 9.17) is 4.74 Å². The van der Waals surface area contributed by atoms with E-state index in [0.717, 1.165) is 16.3 Å². The summed E-state index contributed by atoms with van der Waals surface area (Å²) in [4.78, 5) is 0. The summed E-state index contributed by atoms with van der Waals surface area (Å²) in [6, 6.07) is 12.4. The number of methoxy groups -OCH3 is 1. The van der Waals surface area contributed by atoms with Crippen molar-refractivity contribution in [1.82, 2.24) is 0 Å². The zero-order valence-corrected chi connectivity index (χ0v) is 15.4. The van der Waals surface area contributed by atoms with Crippen molar-refractivity contribution in [3.63, 3.8) is 0 Å². The van der Waals surface area contributed by atoms with Crippen LogP contribution in [0.1, 0.15) is 11.1 Å². The van der Waals surface area contributed by atoms with E-state index in [9.17, 15) is 5.11 Å². The first kappa shape index (κ1) is 16.5. The van der Waals surface area contributed by atoms with E-state index in [-0.39, 0.29) is 22.7 Å². The van der Waals surface area contributed by atoms with Crippen LogP contribution < -0.4 is 26.1 Å². The molecule has 0 atom stereocenters. The Bertz CT molecular complexity index is 1090. The Labute approximate surface area is 150 Å². The molecule has 2 aromatic carbocycles. The van der Waals surface area contributed by atoms with Gasteiger partial charge >= 0.3 is 0 Å². The lowest BCUT2D eigenvalue weighted by atomic mass is 10.00. The molecule has 0 fully saturated rings. The van der Waals surface area contributed by atoms with Gasteiger partial charge in [-0.05, 0) is 53.9 Å². The largest absolute Gasteiger partial charge is 1.00 e. The molecular formula is C20H18BrNO2. The van der Waals surface area contributed by atoms with Gasteiger partial charge in [-0.2, -0.15) is 4.40 Å². The number of hydrogen-bond donors (Lipinski definition) is 1. The molecule has 0 bridgehead atoms. The Balaban J connectivity index is 0.00000169. The molecule has 0 unspecified atom stereocenters. The van der Waals surface area contributed by atoms with Gasteiger partial charge in [-0.25, -0.2) is 0 Å². The van der Waals surface area contributed by atoms with Crippen LogP contribution >= 0.6 is 0 Å². The number of aromatic nitrogens is 1. The molecule has 2 aromatic heterocycles. The van der Waals surface area contributed by atoms with Crippen LogP contribution in [0.2, 0.25) is 0 Å². The summed E-state index contributed by atoms with van der Waals surface area (Å²) in [6.45, 7) is 4.29. The third kappa shape index (κ3) is 2.29. The van der Waals surface area contributed by atoms with Gasteiger partial charge in [0.2, 0.25) is 5.52 Å². The number of halogens is 1. The first-order valence-electron chi connectivity index (χ1n) is 7.64. The van der Waals surface area contributed by atoms with Crippen molar-refractivity contribution < 1.29 is 31.2 Å². The highest BCUT2D eigenvalue weighted by Crippen LogP contribution is 2.34. The SMILES string of the molecule is COc1ccc2cc3c4ccc(C)c(C)c4cc[n+]3cc2c1O.[Br-]. The number of aryl methyl sites for hydroxylation is 2. The number of phenols is 1. The van der Waals surface area contributed by atoms with Crippen LogP contribution in [0.25, 0.3) is 27.1 Å². The fraction of sp³-hybridized carbons (Fsp3) is 0.150. The van der Waals surface area contributed by atoms with Crippen LogP contribution in [-0.4, -0.2) is 12.2 Å². The fourth-order valence-corrected chi connectivity index (χ4v) is 3.23. The lowest BCUT2D eigenvalue weighted by Gasteiger charge is -2.08. The number of pyridine rings is 2. The van der Waals surface area contributed by atoms with Gasteiger partial charge in [0, 0.05) is 12.1 Å². The molecule has 0 aliphatic carbocycles. The van der Waals surface area contributed by atoms with Crippen LogP contribution in [0.4, 0.5) is 0 Å². The topological polar surface area (TPSA) is 33.6 Å². The quantitative estimate of drug-likeness (QED) is 0.303. The summed E-state index contributed by atoms with van der Waals surface area (Å²) in [6.07, 6.45) is 4.00. The molecule has 3 nitrogen and oxygen atoms in total. The molecule has 0 aliphatic heterocycles. The fourth-order valence-electron chi connectivity index (χ4n) is 3.23. The predicted molar refractivity (Wildman–Crippen MR) is 92.3 cm³/mol. The molecule has 0 radical (unpaired) electrons. The molecule has 0 saturated heterocycles. The number of aromatic hydroxyl groups is 1. The smallest absolute Gasteiger partial charge is 0.219 e. The highest BCUT2D eigenvalue weighted by atomic mass is 79.9. The standard InChI is InChI=1S/C20H17NO2.BrH/c1-12-4-6-16-15(13(12)2)8-9-21-11-17-14(10-18(16)21)5-7-19(23-3)20(17)22;/h4-11H,1-3H3;1H. The van der Waals surface area contributed by atoms with Gasteiger partial charge in [-0.3, -0.25) is 0 Å². The first-order chi connectivity index (χ1) is 11.1. The second kappa shape index (κ2) is 5.95. The third-order valence-electron chi connectivity index (χ3n) is 4.74. The second-order valence-corrected chi connectivity index (χ2v) is 5.97. The summed E-state index contributed by atoms with van der Waals surface area (Å²) < 4.78 is 7.26. The van der Waals surface area contributed by atoms with E-state index in [1.54, 1.807) is 13.2 Å². The summed E-state index contributed by atoms with van der Waals surface area (Å²) in [7, 11) is 1.56. The Morgan fingerprint density at radius 1 is 0.958 bits per heavy atom. The Morgan fingerprint density at radius 2 is 1.75 bits per heavy atom. The highest BCUT2D eigenvalue weighted by molar-refractivity contribution is 6.00. The van der Waals surface area contributed by atoms with Crippen LogP contribution in [0.15, 0.2) is 48.8 Å². The van der Waals surface area contributed by atoms with Crippen LogP contribution in [0, 0.1) is 13.8 Å². The molecule has 122 valence electrons. The minimum Gasteiger partial charge on any atom is -1.00 e. The van der Waals surface area contributed by atoms with Gasteiger partial charge in [-0.1, -0.05) is 6.07 Å². The number of phenolic OH excluding ortho intramolecular Hbond substituents is 1. The highest BCUT2D eigenvalue weighted by Gasteiger charge is 2.15. The summed E-state index contributed by atoms with van der Waals surface area (Å²) in [5, 5.41) is 14.6. The maximum Gasteiger partial charge on any atom is 0.219 e. The minimum atomic E-state index is 0. The van der Waals surface area contributed by atoms with E-state index in [1.165, 1.54) is 21.9 Å². The molecule has 2 heterocycles. The van der Waals surface area contributed by atoms with E-state index >= 15 is 0 Å². The van der Waals surface area contributed by atoms with Crippen molar-refractivity contribution in [3.8, 4) is 11.5 Å². The predicted octanol–water partition coefficient (Wildman–Crippen LogP) is 1.07. The second-order valence-electron chi connectivity index (χ2n) is 5.97. The molecule has 4 heteroatoms. The molecule has 1 N–H and O–H groups in total. The molecular weight excluding hydrogens is 366 g/mol. The van der Waals surface area contributed by atoms with Crippen molar-refractivity contribution in [2.24, 2.45) is 0 Å². The first-order valence-corrected chi connectivity index (χ1v) is 7.64. The van der Waals surface area contributed by atoms with E-state index in [0.29, 0.717) is 5.75 Å². The number of benzene rings is 2. The van der Waals surface area contributed by atoms with Gasteiger partial charge in [0.25, 0.3) is 0 Å². The number of nitrogens with zero attached hydrogens (tertiary/aromatic N) is 1. The van der Waals surface area contributed by atoms with E-state index < -0.39 is 0 Å². The Kier molecular flexibility index (Phi) is 4.10. The summed E-state index contributed by atoms with van der Waals surface area (Å²) in [5.41, 5.74) is 3.73. The van der Waals surface area contributed by atoms with Crippen molar-refractivity contribution in [2.75, 3.05) is 7.11 Å². The van der Waals surface area contributed by atoms with E-state index in [1.807, 2.05) is 18.5 Å². The lowest BCUT2D eigenvalue weighted by Crippen LogP contribution is -3.00. The zero-order chi connectivity index (χ0) is 16.1. The number of ether oxygens (including phenoxy) is 1. The summed E-state index contributed by atoms with van der Waals surface area (Å²) in [5.74, 6) is 0.671. The average Bonchev–Trinajstić information content (AvgIpc) is 2.57. The molecule has 4 rings (SSSR count). The van der Waals surface area contributed by atoms with Gasteiger partial charge in [0.05, 0.1) is 17.9 Å². The minimum absolute atomic E-state index is 0. The molecule has 0 amide bonds. The lowest BCUT2D eigenvalue weighted by molar-refractivity contribution is -0.509. The van der Waals surface area contributed by atoms with Crippen molar-refractivity contribution in [2.45, 2.75) is 13.8 Å². The Hall–Kier alpha value is -2.33. The number of hydrogen-bond acceptors (Lipinski definition) is 2. The Morgan fingerprint density at radius 3 is 2.50 bits per heavy atom. The van der Waals surface area contributed by atoms with Gasteiger partial charge in [0.1, 0.15) is 0 Å². The number of fused-ring (bicyclic) bond motifs is 4. The van der Waals surface area contributed by atoms with Crippen LogP contribution in [0.5, 0.6) is 11.5 Å². The summed E-state index contributed by atoms with van der Waals surface area (Å²) >= 11 is 0. The normalized spacial score (nSPS) is 11.0. The third-order valence-corrected chi connectivity index (χ3v) is 4.74. The van der Waals surface area contributed by atoms with Crippen LogP contribution in [-0.2, 0) is 0 Å². The maximum atomic E-state index is 10.4. The van der Waals surface area contributed by atoms with Crippen molar-refractivity contribution >= 4 is 27.1 Å². The van der Waals surface area contributed by atoms with Gasteiger partial charge in [0.15, 0.2) is 23.9 Å². The molecule has 0 spiro atoms. The molecule has 0 saturated carbocycles. The maximum absolute atomic E-state index is 10.4. The van der Waals surface area contributed by atoms with Crippen molar-refractivity contribution in [1.29, 1.82) is 0 Å². The number of rotatable bonds is 1. The monoisotopic (exact) mass is 383 g/mol. The van der Waals surface area contributed by atoms with Gasteiger partial charge in [-0.15, -0.1) is 0 Å². The molecule has 24 heavy (non-hydrogen) atoms. The zero-order valence-electron chi connectivity index (χ0n) is 13.8. The molecule has 4 aromatic rings.